The Kier molecular flexibility index (Phi) is 2.23. The van der Waals surface area contributed by atoms with Crippen LogP contribution in [-0.2, 0) is 12.8 Å². The molecule has 2 heterocycles. The standard InChI is InChI=1S/C12H13ClN2S/c1-12(2)4-3-8-7(5-12)9-10(13)14-6-15-11(9)16-8/h6H,3-5H2,1-2H3. The minimum Gasteiger partial charge on any atom is -0.225 e. The molecule has 16 heavy (non-hydrogen) atoms. The minimum atomic E-state index is 0.375. The Morgan fingerprint density at radius 2 is 2.19 bits per heavy atom. The lowest BCUT2D eigenvalue weighted by Gasteiger charge is -2.29. The number of halogens is 1. The summed E-state index contributed by atoms with van der Waals surface area (Å²) in [7, 11) is 0. The molecule has 0 radical (unpaired) electrons. The molecule has 0 N–H and O–H groups in total. The largest absolute Gasteiger partial charge is 0.225 e. The van der Waals surface area contributed by atoms with E-state index in [4.69, 9.17) is 11.6 Å². The van der Waals surface area contributed by atoms with Crippen LogP contribution in [0, 0.1) is 5.41 Å². The molecule has 0 saturated heterocycles. The lowest BCUT2D eigenvalue weighted by Crippen LogP contribution is -2.20. The predicted molar refractivity (Wildman–Crippen MR) is 68.2 cm³/mol. The minimum absolute atomic E-state index is 0.375. The molecule has 2 aromatic rings. The maximum atomic E-state index is 6.18. The third kappa shape index (κ3) is 1.54. The fourth-order valence-corrected chi connectivity index (χ4v) is 3.87. The summed E-state index contributed by atoms with van der Waals surface area (Å²) in [5, 5.41) is 1.71. The summed E-state index contributed by atoms with van der Waals surface area (Å²) in [6.07, 6.45) is 5.05. The summed E-state index contributed by atoms with van der Waals surface area (Å²) in [5.41, 5.74) is 1.77. The van der Waals surface area contributed by atoms with E-state index < -0.39 is 0 Å². The molecule has 0 bridgehead atoms. The highest BCUT2D eigenvalue weighted by Gasteiger charge is 2.29. The topological polar surface area (TPSA) is 25.8 Å². The molecule has 0 fully saturated rings. The first-order chi connectivity index (χ1) is 7.57. The van der Waals surface area contributed by atoms with Crippen molar-refractivity contribution in [3.05, 3.63) is 21.9 Å². The Hall–Kier alpha value is -0.670. The van der Waals surface area contributed by atoms with Crippen LogP contribution in [0.15, 0.2) is 6.33 Å². The van der Waals surface area contributed by atoms with E-state index in [0.717, 1.165) is 23.1 Å². The summed E-state index contributed by atoms with van der Waals surface area (Å²) >= 11 is 7.96. The van der Waals surface area contributed by atoms with Crippen LogP contribution in [0.4, 0.5) is 0 Å². The number of thiophene rings is 1. The zero-order valence-corrected chi connectivity index (χ0v) is 11.0. The fourth-order valence-electron chi connectivity index (χ4n) is 2.41. The van der Waals surface area contributed by atoms with Gasteiger partial charge in [-0.1, -0.05) is 25.4 Å². The zero-order chi connectivity index (χ0) is 11.3. The number of fused-ring (bicyclic) bond motifs is 3. The molecular weight excluding hydrogens is 240 g/mol. The van der Waals surface area contributed by atoms with Crippen molar-refractivity contribution in [2.24, 2.45) is 5.41 Å². The van der Waals surface area contributed by atoms with Gasteiger partial charge in [0.2, 0.25) is 0 Å². The van der Waals surface area contributed by atoms with E-state index in [-0.39, 0.29) is 0 Å². The van der Waals surface area contributed by atoms with Crippen LogP contribution < -0.4 is 0 Å². The summed E-state index contributed by atoms with van der Waals surface area (Å²) < 4.78 is 0. The van der Waals surface area contributed by atoms with Crippen molar-refractivity contribution in [3.8, 4) is 0 Å². The van der Waals surface area contributed by atoms with Crippen LogP contribution in [-0.4, -0.2) is 9.97 Å². The van der Waals surface area contributed by atoms with Crippen LogP contribution in [0.1, 0.15) is 30.7 Å². The summed E-state index contributed by atoms with van der Waals surface area (Å²) in [6, 6.07) is 0. The molecule has 1 aliphatic carbocycles. The normalized spacial score (nSPS) is 18.7. The van der Waals surface area contributed by atoms with Gasteiger partial charge in [-0.15, -0.1) is 11.3 Å². The van der Waals surface area contributed by atoms with E-state index in [9.17, 15) is 0 Å². The van der Waals surface area contributed by atoms with E-state index in [1.807, 2.05) is 0 Å². The molecule has 0 aromatic carbocycles. The van der Waals surface area contributed by atoms with Gasteiger partial charge < -0.3 is 0 Å². The molecule has 0 saturated carbocycles. The number of hydrogen-bond donors (Lipinski definition) is 0. The highest BCUT2D eigenvalue weighted by atomic mass is 35.5. The van der Waals surface area contributed by atoms with Crippen molar-refractivity contribution < 1.29 is 0 Å². The monoisotopic (exact) mass is 252 g/mol. The number of nitrogens with zero attached hydrogens (tertiary/aromatic N) is 2. The van der Waals surface area contributed by atoms with E-state index >= 15 is 0 Å². The van der Waals surface area contributed by atoms with Crippen molar-refractivity contribution in [1.29, 1.82) is 0 Å². The second kappa shape index (κ2) is 3.41. The lowest BCUT2D eigenvalue weighted by molar-refractivity contribution is 0.319. The van der Waals surface area contributed by atoms with Gasteiger partial charge in [0.05, 0.1) is 5.39 Å². The molecule has 0 atom stereocenters. The van der Waals surface area contributed by atoms with Crippen LogP contribution in [0.25, 0.3) is 10.2 Å². The first kappa shape index (κ1) is 10.5. The molecule has 0 spiro atoms. The zero-order valence-electron chi connectivity index (χ0n) is 9.38. The highest BCUT2D eigenvalue weighted by molar-refractivity contribution is 7.19. The molecule has 3 rings (SSSR count). The Morgan fingerprint density at radius 3 is 3.00 bits per heavy atom. The van der Waals surface area contributed by atoms with E-state index in [1.54, 1.807) is 17.7 Å². The van der Waals surface area contributed by atoms with Crippen LogP contribution in [0.2, 0.25) is 5.15 Å². The second-order valence-electron chi connectivity index (χ2n) is 5.19. The molecule has 1 aliphatic rings. The summed E-state index contributed by atoms with van der Waals surface area (Å²) in [4.78, 5) is 10.9. The number of aryl methyl sites for hydroxylation is 1. The van der Waals surface area contributed by atoms with Gasteiger partial charge in [0.15, 0.2) is 0 Å². The molecule has 2 aromatic heterocycles. The fraction of sp³-hybridized carbons (Fsp3) is 0.500. The molecule has 4 heteroatoms. The van der Waals surface area contributed by atoms with Crippen molar-refractivity contribution in [2.75, 3.05) is 0 Å². The van der Waals surface area contributed by atoms with Crippen molar-refractivity contribution in [2.45, 2.75) is 33.1 Å². The number of aromatic nitrogens is 2. The maximum Gasteiger partial charge on any atom is 0.141 e. The van der Waals surface area contributed by atoms with E-state index in [1.165, 1.54) is 16.9 Å². The highest BCUT2D eigenvalue weighted by Crippen LogP contribution is 2.43. The van der Waals surface area contributed by atoms with Crippen molar-refractivity contribution in [1.82, 2.24) is 9.97 Å². The SMILES string of the molecule is CC1(C)CCc2sc3ncnc(Cl)c3c2C1. The Balaban J connectivity index is 2.28. The van der Waals surface area contributed by atoms with Gasteiger partial charge in [-0.25, -0.2) is 9.97 Å². The predicted octanol–water partition coefficient (Wildman–Crippen LogP) is 3.86. The first-order valence-corrected chi connectivity index (χ1v) is 6.67. The molecule has 0 amide bonds. The quantitative estimate of drug-likeness (QED) is 0.666. The maximum absolute atomic E-state index is 6.18. The molecule has 2 nitrogen and oxygen atoms in total. The van der Waals surface area contributed by atoms with Gasteiger partial charge in [-0.2, -0.15) is 0 Å². The number of hydrogen-bond acceptors (Lipinski definition) is 3. The molecular formula is C12H13ClN2S. The van der Waals surface area contributed by atoms with Gasteiger partial charge in [-0.05, 0) is 30.2 Å². The van der Waals surface area contributed by atoms with Crippen LogP contribution in [0.3, 0.4) is 0 Å². The average Bonchev–Trinajstić information content (AvgIpc) is 2.55. The summed E-state index contributed by atoms with van der Waals surface area (Å²) in [5.74, 6) is 0. The third-order valence-electron chi connectivity index (χ3n) is 3.31. The van der Waals surface area contributed by atoms with Crippen LogP contribution in [0.5, 0.6) is 0 Å². The van der Waals surface area contributed by atoms with Crippen molar-refractivity contribution in [3.63, 3.8) is 0 Å². The second-order valence-corrected chi connectivity index (χ2v) is 6.63. The van der Waals surface area contributed by atoms with E-state index in [2.05, 4.69) is 23.8 Å². The average molecular weight is 253 g/mol. The van der Waals surface area contributed by atoms with Gasteiger partial charge in [-0.3, -0.25) is 0 Å². The Bertz CT molecular complexity index is 559. The molecule has 84 valence electrons. The van der Waals surface area contributed by atoms with Crippen molar-refractivity contribution >= 4 is 33.2 Å². The molecule has 0 unspecified atom stereocenters. The third-order valence-corrected chi connectivity index (χ3v) is 4.80. The Labute approximate surface area is 104 Å². The van der Waals surface area contributed by atoms with Gasteiger partial charge in [0.25, 0.3) is 0 Å². The lowest BCUT2D eigenvalue weighted by atomic mass is 9.76. The molecule has 0 aliphatic heterocycles. The Morgan fingerprint density at radius 1 is 1.38 bits per heavy atom. The van der Waals surface area contributed by atoms with Gasteiger partial charge in [0, 0.05) is 4.88 Å². The van der Waals surface area contributed by atoms with Gasteiger partial charge in [0.1, 0.15) is 16.3 Å². The number of rotatable bonds is 0. The van der Waals surface area contributed by atoms with E-state index in [0.29, 0.717) is 10.6 Å². The van der Waals surface area contributed by atoms with Crippen LogP contribution >= 0.6 is 22.9 Å². The van der Waals surface area contributed by atoms with Gasteiger partial charge >= 0.3 is 0 Å². The first-order valence-electron chi connectivity index (χ1n) is 5.48. The smallest absolute Gasteiger partial charge is 0.141 e. The summed E-state index contributed by atoms with van der Waals surface area (Å²) in [6.45, 7) is 4.63.